The van der Waals surface area contributed by atoms with Gasteiger partial charge in [-0.25, -0.2) is 0 Å². The van der Waals surface area contributed by atoms with E-state index in [2.05, 4.69) is 10.6 Å². The van der Waals surface area contributed by atoms with Crippen LogP contribution in [0.1, 0.15) is 30.9 Å². The van der Waals surface area contributed by atoms with Crippen LogP contribution in [0.5, 0.6) is 5.75 Å². The Morgan fingerprint density at radius 1 is 1.14 bits per heavy atom. The lowest BCUT2D eigenvalue weighted by atomic mass is 9.76. The SMILES string of the molecule is COc1ccc(NC(=O)[C@@H]2CC(=O)NC3=C2C(=O)C[C@H](c2ccco2)C3)cc1. The van der Waals surface area contributed by atoms with E-state index in [1.807, 2.05) is 6.07 Å². The van der Waals surface area contributed by atoms with Crippen LogP contribution in [-0.4, -0.2) is 24.7 Å². The molecule has 0 spiro atoms. The fourth-order valence-electron chi connectivity index (χ4n) is 3.81. The number of furan rings is 1. The molecule has 144 valence electrons. The van der Waals surface area contributed by atoms with Crippen LogP contribution in [0.4, 0.5) is 5.69 Å². The molecule has 2 aromatic rings. The number of anilines is 1. The van der Waals surface area contributed by atoms with Crippen LogP contribution >= 0.6 is 0 Å². The maximum absolute atomic E-state index is 12.9. The fraction of sp³-hybridized carbons (Fsp3) is 0.286. The number of Topliss-reactive ketones (excluding diaryl/α,β-unsaturated/α-hetero) is 1. The van der Waals surface area contributed by atoms with Gasteiger partial charge in [-0.2, -0.15) is 0 Å². The first-order chi connectivity index (χ1) is 13.5. The summed E-state index contributed by atoms with van der Waals surface area (Å²) in [6.45, 7) is 0. The number of ether oxygens (including phenoxy) is 1. The zero-order chi connectivity index (χ0) is 19.7. The van der Waals surface area contributed by atoms with Crippen LogP contribution in [0.2, 0.25) is 0 Å². The molecular weight excluding hydrogens is 360 g/mol. The van der Waals surface area contributed by atoms with Crippen molar-refractivity contribution in [2.24, 2.45) is 5.92 Å². The second kappa shape index (κ2) is 7.34. The summed E-state index contributed by atoms with van der Waals surface area (Å²) < 4.78 is 10.5. The zero-order valence-electron chi connectivity index (χ0n) is 15.4. The summed E-state index contributed by atoms with van der Waals surface area (Å²) in [4.78, 5) is 37.9. The first kappa shape index (κ1) is 18.0. The molecule has 2 atom stereocenters. The lowest BCUT2D eigenvalue weighted by Gasteiger charge is -2.32. The molecule has 0 saturated heterocycles. The Balaban J connectivity index is 1.57. The Hall–Kier alpha value is -3.35. The highest BCUT2D eigenvalue weighted by atomic mass is 16.5. The number of hydrogen-bond acceptors (Lipinski definition) is 5. The molecule has 0 radical (unpaired) electrons. The molecule has 2 aliphatic rings. The predicted octanol–water partition coefficient (Wildman–Crippen LogP) is 2.76. The summed E-state index contributed by atoms with van der Waals surface area (Å²) in [5.41, 5.74) is 1.52. The van der Waals surface area contributed by atoms with Crippen LogP contribution in [0.15, 0.2) is 58.3 Å². The van der Waals surface area contributed by atoms with E-state index in [1.54, 1.807) is 43.7 Å². The van der Waals surface area contributed by atoms with Gasteiger partial charge in [-0.05, 0) is 42.8 Å². The van der Waals surface area contributed by atoms with E-state index in [0.29, 0.717) is 34.9 Å². The monoisotopic (exact) mass is 380 g/mol. The number of ketones is 1. The average molecular weight is 380 g/mol. The number of rotatable bonds is 4. The van der Waals surface area contributed by atoms with Crippen LogP contribution in [-0.2, 0) is 14.4 Å². The number of carbonyl (C=O) groups is 3. The second-order valence-electron chi connectivity index (χ2n) is 6.96. The van der Waals surface area contributed by atoms with Crippen molar-refractivity contribution in [3.8, 4) is 5.75 Å². The first-order valence-electron chi connectivity index (χ1n) is 9.09. The van der Waals surface area contributed by atoms with Crippen molar-refractivity contribution in [3.05, 3.63) is 59.7 Å². The van der Waals surface area contributed by atoms with Gasteiger partial charge in [-0.3, -0.25) is 14.4 Å². The number of carbonyl (C=O) groups excluding carboxylic acids is 3. The summed E-state index contributed by atoms with van der Waals surface area (Å²) in [5.74, 6) is -0.303. The normalized spacial score (nSPS) is 21.8. The minimum Gasteiger partial charge on any atom is -0.497 e. The summed E-state index contributed by atoms with van der Waals surface area (Å²) in [6, 6.07) is 10.5. The van der Waals surface area contributed by atoms with Gasteiger partial charge in [0.1, 0.15) is 11.5 Å². The van der Waals surface area contributed by atoms with Gasteiger partial charge in [0.05, 0.1) is 19.3 Å². The fourth-order valence-corrected chi connectivity index (χ4v) is 3.81. The molecule has 7 nitrogen and oxygen atoms in total. The molecule has 1 aromatic heterocycles. The molecule has 2 heterocycles. The molecule has 0 bridgehead atoms. The van der Waals surface area contributed by atoms with Crippen LogP contribution in [0.3, 0.4) is 0 Å². The maximum atomic E-state index is 12.9. The minimum atomic E-state index is -0.795. The molecular formula is C21H20N2O5. The Kier molecular flexibility index (Phi) is 4.73. The molecule has 0 fully saturated rings. The van der Waals surface area contributed by atoms with E-state index in [9.17, 15) is 14.4 Å². The molecule has 28 heavy (non-hydrogen) atoms. The van der Waals surface area contributed by atoms with Gasteiger partial charge < -0.3 is 19.8 Å². The van der Waals surface area contributed by atoms with Crippen molar-refractivity contribution < 1.29 is 23.5 Å². The summed E-state index contributed by atoms with van der Waals surface area (Å²) in [6.07, 6.45) is 2.24. The van der Waals surface area contributed by atoms with Gasteiger partial charge in [-0.15, -0.1) is 0 Å². The Morgan fingerprint density at radius 2 is 1.93 bits per heavy atom. The van der Waals surface area contributed by atoms with Gasteiger partial charge in [0, 0.05) is 35.7 Å². The van der Waals surface area contributed by atoms with Crippen molar-refractivity contribution in [2.75, 3.05) is 12.4 Å². The highest BCUT2D eigenvalue weighted by Crippen LogP contribution is 2.39. The standard InChI is InChI=1S/C21H20N2O5/c1-27-14-6-4-13(5-7-14)22-21(26)15-11-19(25)23-16-9-12(10-17(24)20(15)16)18-3-2-8-28-18/h2-8,12,15H,9-11H2,1H3,(H,22,26)(H,23,25)/t12-,15-/m1/s1. The Bertz CT molecular complexity index is 944. The van der Waals surface area contributed by atoms with E-state index in [-0.39, 0.29) is 36.4 Å². The largest absolute Gasteiger partial charge is 0.497 e. The molecule has 2 amide bonds. The Labute approximate surface area is 161 Å². The quantitative estimate of drug-likeness (QED) is 0.850. The highest BCUT2D eigenvalue weighted by molar-refractivity contribution is 6.09. The van der Waals surface area contributed by atoms with Crippen molar-refractivity contribution in [1.82, 2.24) is 5.32 Å². The van der Waals surface area contributed by atoms with E-state index < -0.39 is 5.92 Å². The molecule has 1 aliphatic heterocycles. The van der Waals surface area contributed by atoms with Crippen LogP contribution in [0, 0.1) is 5.92 Å². The third-order valence-electron chi connectivity index (χ3n) is 5.16. The molecule has 0 saturated carbocycles. The predicted molar refractivity (Wildman–Crippen MR) is 101 cm³/mol. The first-order valence-corrected chi connectivity index (χ1v) is 9.09. The lowest BCUT2D eigenvalue weighted by Crippen LogP contribution is -2.43. The molecule has 1 aliphatic carbocycles. The molecule has 7 heteroatoms. The zero-order valence-corrected chi connectivity index (χ0v) is 15.4. The van der Waals surface area contributed by atoms with E-state index in [1.165, 1.54) is 0 Å². The number of methoxy groups -OCH3 is 1. The number of nitrogens with one attached hydrogen (secondary N) is 2. The molecule has 0 unspecified atom stereocenters. The van der Waals surface area contributed by atoms with E-state index in [4.69, 9.17) is 9.15 Å². The van der Waals surface area contributed by atoms with Crippen LogP contribution < -0.4 is 15.4 Å². The number of amides is 2. The minimum absolute atomic E-state index is 0.0437. The molecule has 1 aromatic carbocycles. The van der Waals surface area contributed by atoms with Gasteiger partial charge in [0.25, 0.3) is 0 Å². The van der Waals surface area contributed by atoms with Crippen molar-refractivity contribution in [2.45, 2.75) is 25.2 Å². The van der Waals surface area contributed by atoms with Gasteiger partial charge in [0.15, 0.2) is 5.78 Å². The average Bonchev–Trinajstić information content (AvgIpc) is 3.22. The lowest BCUT2D eigenvalue weighted by molar-refractivity contribution is -0.129. The summed E-state index contributed by atoms with van der Waals surface area (Å²) in [7, 11) is 1.56. The smallest absolute Gasteiger partial charge is 0.232 e. The third-order valence-corrected chi connectivity index (χ3v) is 5.16. The van der Waals surface area contributed by atoms with E-state index in [0.717, 1.165) is 0 Å². The third kappa shape index (κ3) is 3.43. The van der Waals surface area contributed by atoms with E-state index >= 15 is 0 Å². The Morgan fingerprint density at radius 3 is 2.61 bits per heavy atom. The van der Waals surface area contributed by atoms with Crippen molar-refractivity contribution >= 4 is 23.3 Å². The second-order valence-corrected chi connectivity index (χ2v) is 6.96. The van der Waals surface area contributed by atoms with Crippen molar-refractivity contribution in [3.63, 3.8) is 0 Å². The number of allylic oxidation sites excluding steroid dienone is 1. The summed E-state index contributed by atoms with van der Waals surface area (Å²) >= 11 is 0. The summed E-state index contributed by atoms with van der Waals surface area (Å²) in [5, 5.41) is 5.58. The number of hydrogen-bond donors (Lipinski definition) is 2. The van der Waals surface area contributed by atoms with Gasteiger partial charge >= 0.3 is 0 Å². The maximum Gasteiger partial charge on any atom is 0.232 e. The van der Waals surface area contributed by atoms with Gasteiger partial charge in [-0.1, -0.05) is 0 Å². The molecule has 2 N–H and O–H groups in total. The number of benzene rings is 1. The topological polar surface area (TPSA) is 97.6 Å². The van der Waals surface area contributed by atoms with Crippen LogP contribution in [0.25, 0.3) is 0 Å². The van der Waals surface area contributed by atoms with Gasteiger partial charge in [0.2, 0.25) is 11.8 Å². The van der Waals surface area contributed by atoms with Crippen molar-refractivity contribution in [1.29, 1.82) is 0 Å². The molecule has 4 rings (SSSR count). The highest BCUT2D eigenvalue weighted by Gasteiger charge is 2.41.